The summed E-state index contributed by atoms with van der Waals surface area (Å²) in [5.74, 6) is -0.372. The zero-order valence-corrected chi connectivity index (χ0v) is 23.0. The van der Waals surface area contributed by atoms with Crippen LogP contribution < -0.4 is 40.0 Å². The van der Waals surface area contributed by atoms with Crippen LogP contribution in [0.3, 0.4) is 0 Å². The van der Waals surface area contributed by atoms with Crippen LogP contribution in [-0.4, -0.2) is 17.0 Å². The van der Waals surface area contributed by atoms with Crippen molar-refractivity contribution in [2.45, 2.75) is 38.7 Å². The predicted molar refractivity (Wildman–Crippen MR) is 133 cm³/mol. The number of aliphatic carboxylic acids is 1. The Hall–Kier alpha value is -3.39. The van der Waals surface area contributed by atoms with Gasteiger partial charge in [0, 0.05) is 17.9 Å². The summed E-state index contributed by atoms with van der Waals surface area (Å²) in [4.78, 5) is 28.3. The van der Waals surface area contributed by atoms with Gasteiger partial charge in [-0.2, -0.15) is 0 Å². The molecule has 1 aliphatic rings. The SMILES string of the molecule is Cc1nc(-c2ccc(-c3ccc(C4(C(=O)[O-])CC4)cc3)cc2)c(NC(=O)OCc2ccccc2C)o1.[Na+]. The van der Waals surface area contributed by atoms with Gasteiger partial charge in [-0.1, -0.05) is 72.8 Å². The molecule has 182 valence electrons. The Kier molecular flexibility index (Phi) is 7.87. The van der Waals surface area contributed by atoms with Crippen molar-refractivity contribution in [1.29, 1.82) is 0 Å². The zero-order valence-electron chi connectivity index (χ0n) is 21.0. The van der Waals surface area contributed by atoms with Crippen LogP contribution in [0.5, 0.6) is 0 Å². The minimum atomic E-state index is -1.01. The fourth-order valence-corrected chi connectivity index (χ4v) is 4.29. The van der Waals surface area contributed by atoms with Crippen LogP contribution in [0.2, 0.25) is 0 Å². The molecule has 1 fully saturated rings. The molecule has 0 atom stereocenters. The number of carbonyl (C=O) groups is 2. The van der Waals surface area contributed by atoms with Crippen LogP contribution in [0.15, 0.2) is 77.2 Å². The first-order chi connectivity index (χ1) is 17.4. The van der Waals surface area contributed by atoms with E-state index < -0.39 is 17.5 Å². The number of nitrogens with one attached hydrogen (secondary N) is 1. The number of carbonyl (C=O) groups excluding carboxylic acids is 2. The van der Waals surface area contributed by atoms with Crippen LogP contribution in [0.25, 0.3) is 22.4 Å². The Balaban J connectivity index is 0.00000320. The molecular formula is C29H25N2NaO5. The molecule has 0 bridgehead atoms. The maximum absolute atomic E-state index is 12.4. The second-order valence-corrected chi connectivity index (χ2v) is 9.06. The smallest absolute Gasteiger partial charge is 0.549 e. The third-order valence-corrected chi connectivity index (χ3v) is 6.64. The monoisotopic (exact) mass is 504 g/mol. The van der Waals surface area contributed by atoms with Gasteiger partial charge in [-0.25, -0.2) is 9.78 Å². The van der Waals surface area contributed by atoms with E-state index in [1.165, 1.54) is 0 Å². The molecule has 1 aliphatic carbocycles. The Morgan fingerprint density at radius 1 is 0.946 bits per heavy atom. The largest absolute Gasteiger partial charge is 1.00 e. The average Bonchev–Trinajstić information content (AvgIpc) is 3.62. The first kappa shape index (κ1) is 26.7. The van der Waals surface area contributed by atoms with E-state index in [1.807, 2.05) is 79.7 Å². The molecule has 4 aromatic rings. The van der Waals surface area contributed by atoms with Crippen molar-refractivity contribution in [3.8, 4) is 22.4 Å². The molecule has 1 amide bonds. The summed E-state index contributed by atoms with van der Waals surface area (Å²) in [6.07, 6.45) is 0.615. The van der Waals surface area contributed by atoms with Gasteiger partial charge in [0.05, 0.1) is 5.97 Å². The van der Waals surface area contributed by atoms with E-state index in [0.717, 1.165) is 33.4 Å². The van der Waals surface area contributed by atoms with Crippen LogP contribution in [0.1, 0.15) is 35.4 Å². The summed E-state index contributed by atoms with van der Waals surface area (Å²) in [6, 6.07) is 23.0. The second kappa shape index (κ2) is 10.9. The summed E-state index contributed by atoms with van der Waals surface area (Å²) < 4.78 is 11.0. The van der Waals surface area contributed by atoms with E-state index in [-0.39, 0.29) is 42.0 Å². The molecule has 8 heteroatoms. The number of carboxylic acids is 1. The zero-order chi connectivity index (χ0) is 25.3. The number of hydrogen-bond donors (Lipinski definition) is 1. The summed E-state index contributed by atoms with van der Waals surface area (Å²) in [5, 5.41) is 14.1. The first-order valence-electron chi connectivity index (χ1n) is 11.7. The Labute approximate surface area is 237 Å². The summed E-state index contributed by atoms with van der Waals surface area (Å²) in [5.41, 5.74) is 5.15. The molecule has 3 aromatic carbocycles. The van der Waals surface area contributed by atoms with Crippen LogP contribution in [0, 0.1) is 13.8 Å². The summed E-state index contributed by atoms with van der Waals surface area (Å²) in [6.45, 7) is 3.82. The number of rotatable bonds is 7. The molecule has 0 unspecified atom stereocenters. The number of anilines is 1. The van der Waals surface area contributed by atoms with E-state index in [4.69, 9.17) is 9.15 Å². The minimum absolute atomic E-state index is 0. The molecule has 1 aromatic heterocycles. The van der Waals surface area contributed by atoms with Crippen molar-refractivity contribution in [2.24, 2.45) is 0 Å². The molecular weight excluding hydrogens is 479 g/mol. The molecule has 1 saturated carbocycles. The van der Waals surface area contributed by atoms with Gasteiger partial charge < -0.3 is 19.1 Å². The van der Waals surface area contributed by atoms with Crippen molar-refractivity contribution in [2.75, 3.05) is 5.32 Å². The van der Waals surface area contributed by atoms with Gasteiger partial charge in [0.25, 0.3) is 0 Å². The molecule has 1 N–H and O–H groups in total. The quantitative estimate of drug-likeness (QED) is 0.387. The number of aryl methyl sites for hydroxylation is 2. The molecule has 37 heavy (non-hydrogen) atoms. The maximum Gasteiger partial charge on any atom is 1.00 e. The van der Waals surface area contributed by atoms with Crippen molar-refractivity contribution in [3.63, 3.8) is 0 Å². The number of hydrogen-bond acceptors (Lipinski definition) is 6. The predicted octanol–water partition coefficient (Wildman–Crippen LogP) is 2.16. The molecule has 0 spiro atoms. The van der Waals surface area contributed by atoms with Crippen molar-refractivity contribution in [3.05, 3.63) is 95.4 Å². The van der Waals surface area contributed by atoms with Crippen LogP contribution in [-0.2, 0) is 21.6 Å². The number of carboxylic acid groups (broad SMARTS) is 1. The van der Waals surface area contributed by atoms with E-state index >= 15 is 0 Å². The molecule has 0 aliphatic heterocycles. The number of nitrogens with zero attached hydrogens (tertiary/aromatic N) is 1. The van der Waals surface area contributed by atoms with Crippen molar-refractivity contribution in [1.82, 2.24) is 4.98 Å². The average molecular weight is 505 g/mol. The number of benzene rings is 3. The minimum Gasteiger partial charge on any atom is -0.549 e. The van der Waals surface area contributed by atoms with E-state index in [2.05, 4.69) is 10.3 Å². The van der Waals surface area contributed by atoms with Gasteiger partial charge in [-0.3, -0.25) is 5.32 Å². The van der Waals surface area contributed by atoms with Gasteiger partial charge in [-0.05, 0) is 47.6 Å². The third kappa shape index (κ3) is 5.64. The normalized spacial score (nSPS) is 13.4. The van der Waals surface area contributed by atoms with Gasteiger partial charge in [-0.15, -0.1) is 0 Å². The fourth-order valence-electron chi connectivity index (χ4n) is 4.29. The van der Waals surface area contributed by atoms with Gasteiger partial charge in [0.2, 0.25) is 5.88 Å². The topological polar surface area (TPSA) is 104 Å². The second-order valence-electron chi connectivity index (χ2n) is 9.06. The molecule has 7 nitrogen and oxygen atoms in total. The summed E-state index contributed by atoms with van der Waals surface area (Å²) in [7, 11) is 0. The maximum atomic E-state index is 12.4. The third-order valence-electron chi connectivity index (χ3n) is 6.64. The van der Waals surface area contributed by atoms with Gasteiger partial charge >= 0.3 is 35.7 Å². The Morgan fingerprint density at radius 3 is 2.14 bits per heavy atom. The van der Waals surface area contributed by atoms with Crippen molar-refractivity contribution >= 4 is 17.9 Å². The van der Waals surface area contributed by atoms with Gasteiger partial charge in [0.1, 0.15) is 12.3 Å². The molecule has 0 saturated heterocycles. The van der Waals surface area contributed by atoms with Crippen LogP contribution in [0.4, 0.5) is 10.7 Å². The number of oxazole rings is 1. The van der Waals surface area contributed by atoms with E-state index in [0.29, 0.717) is 24.4 Å². The Bertz CT molecular complexity index is 1420. The number of amides is 1. The van der Waals surface area contributed by atoms with E-state index in [9.17, 15) is 14.7 Å². The Morgan fingerprint density at radius 2 is 1.54 bits per heavy atom. The van der Waals surface area contributed by atoms with Gasteiger partial charge in [0.15, 0.2) is 5.89 Å². The summed E-state index contributed by atoms with van der Waals surface area (Å²) >= 11 is 0. The number of aromatic nitrogens is 1. The molecule has 0 radical (unpaired) electrons. The molecule has 5 rings (SSSR count). The van der Waals surface area contributed by atoms with Crippen molar-refractivity contribution < 1.29 is 53.4 Å². The first-order valence-corrected chi connectivity index (χ1v) is 11.7. The van der Waals surface area contributed by atoms with E-state index in [1.54, 1.807) is 6.92 Å². The standard InChI is InChI=1S/C29H26N2O5.Na/c1-18-5-3-4-6-23(18)17-35-28(34)31-26-25(30-19(2)36-26)22-9-7-20(8-10-22)21-11-13-24(14-12-21)29(15-16-29)27(32)33;/h3-14H,15-17H2,1-2H3,(H,31,34)(H,32,33);/q;+1/p-1. The number of ether oxygens (including phenoxy) is 1. The van der Waals surface area contributed by atoms with Crippen LogP contribution >= 0.6 is 0 Å². The fraction of sp³-hybridized carbons (Fsp3) is 0.207. The molecule has 1 heterocycles.